The SMILES string of the molecule is c1cc2c(cc1-c1[nH]ncc1CNCCC1CCCO1)OCO2. The van der Waals surface area contributed by atoms with Crippen LogP contribution in [0.3, 0.4) is 0 Å². The molecule has 2 aromatic rings. The molecule has 0 amide bonds. The Morgan fingerprint density at radius 3 is 3.13 bits per heavy atom. The number of fused-ring (bicyclic) bond motifs is 1. The highest BCUT2D eigenvalue weighted by Gasteiger charge is 2.17. The van der Waals surface area contributed by atoms with Crippen LogP contribution in [-0.4, -0.2) is 36.2 Å². The first-order chi connectivity index (χ1) is 11.4. The Kier molecular flexibility index (Phi) is 4.17. The zero-order valence-corrected chi connectivity index (χ0v) is 13.0. The molecular formula is C17H21N3O3. The molecule has 2 aliphatic rings. The van der Waals surface area contributed by atoms with Crippen LogP contribution in [0.15, 0.2) is 24.4 Å². The summed E-state index contributed by atoms with van der Waals surface area (Å²) in [5.74, 6) is 1.58. The van der Waals surface area contributed by atoms with Gasteiger partial charge in [-0.1, -0.05) is 0 Å². The highest BCUT2D eigenvalue weighted by Crippen LogP contribution is 2.36. The maximum atomic E-state index is 5.64. The number of H-pyrrole nitrogens is 1. The van der Waals surface area contributed by atoms with Gasteiger partial charge in [0, 0.05) is 24.3 Å². The standard InChI is InChI=1S/C17H21N3O3/c1-2-14(21-7-1)5-6-18-9-13-10-19-20-17(13)12-3-4-15-16(8-12)23-11-22-15/h3-4,8,10,14,18H,1-2,5-7,9,11H2,(H,19,20). The summed E-state index contributed by atoms with van der Waals surface area (Å²) in [5, 5.41) is 10.8. The number of rotatable bonds is 6. The Bertz CT molecular complexity index is 665. The van der Waals surface area contributed by atoms with E-state index in [1.54, 1.807) is 0 Å². The molecule has 1 unspecified atom stereocenters. The van der Waals surface area contributed by atoms with E-state index in [0.717, 1.165) is 54.4 Å². The summed E-state index contributed by atoms with van der Waals surface area (Å²) in [4.78, 5) is 0. The van der Waals surface area contributed by atoms with Crippen molar-refractivity contribution in [2.24, 2.45) is 0 Å². The summed E-state index contributed by atoms with van der Waals surface area (Å²) >= 11 is 0. The van der Waals surface area contributed by atoms with Gasteiger partial charge in [0.2, 0.25) is 6.79 Å². The Morgan fingerprint density at radius 2 is 2.22 bits per heavy atom. The summed E-state index contributed by atoms with van der Waals surface area (Å²) in [6.45, 7) is 2.95. The van der Waals surface area contributed by atoms with Crippen LogP contribution in [0.2, 0.25) is 0 Å². The highest BCUT2D eigenvalue weighted by atomic mass is 16.7. The number of hydrogen-bond acceptors (Lipinski definition) is 5. The molecule has 4 rings (SSSR count). The summed E-state index contributed by atoms with van der Waals surface area (Å²) in [7, 11) is 0. The Balaban J connectivity index is 1.38. The lowest BCUT2D eigenvalue weighted by atomic mass is 10.1. The fourth-order valence-electron chi connectivity index (χ4n) is 3.11. The maximum absolute atomic E-state index is 5.64. The summed E-state index contributed by atoms with van der Waals surface area (Å²) in [6.07, 6.45) is 5.76. The molecule has 0 bridgehead atoms. The molecule has 3 heterocycles. The van der Waals surface area contributed by atoms with E-state index >= 15 is 0 Å². The molecule has 23 heavy (non-hydrogen) atoms. The van der Waals surface area contributed by atoms with Gasteiger partial charge in [-0.3, -0.25) is 5.10 Å². The Hall–Kier alpha value is -2.05. The van der Waals surface area contributed by atoms with Crippen LogP contribution in [0, 0.1) is 0 Å². The average molecular weight is 315 g/mol. The minimum absolute atomic E-state index is 0.291. The Labute approximate surface area is 135 Å². The third-order valence-electron chi connectivity index (χ3n) is 4.36. The quantitative estimate of drug-likeness (QED) is 0.802. The number of nitrogens with one attached hydrogen (secondary N) is 2. The van der Waals surface area contributed by atoms with E-state index in [-0.39, 0.29) is 0 Å². The lowest BCUT2D eigenvalue weighted by Gasteiger charge is -2.10. The minimum atomic E-state index is 0.291. The second kappa shape index (κ2) is 6.60. The normalized spacial score (nSPS) is 19.4. The molecule has 0 aliphatic carbocycles. The van der Waals surface area contributed by atoms with Crippen LogP contribution >= 0.6 is 0 Å². The number of hydrogen-bond donors (Lipinski definition) is 2. The largest absolute Gasteiger partial charge is 0.454 e. The van der Waals surface area contributed by atoms with Gasteiger partial charge in [0.1, 0.15) is 0 Å². The van der Waals surface area contributed by atoms with Crippen LogP contribution < -0.4 is 14.8 Å². The number of benzene rings is 1. The van der Waals surface area contributed by atoms with Crippen molar-refractivity contribution in [2.75, 3.05) is 19.9 Å². The summed E-state index contributed by atoms with van der Waals surface area (Å²) in [5.41, 5.74) is 3.23. The van der Waals surface area contributed by atoms with E-state index in [1.165, 1.54) is 12.8 Å². The first-order valence-electron chi connectivity index (χ1n) is 8.15. The molecular weight excluding hydrogens is 294 g/mol. The van der Waals surface area contributed by atoms with Crippen molar-refractivity contribution < 1.29 is 14.2 Å². The molecule has 1 fully saturated rings. The zero-order chi connectivity index (χ0) is 15.5. The molecule has 2 aliphatic heterocycles. The predicted octanol–water partition coefficient (Wildman–Crippen LogP) is 2.46. The number of nitrogens with zero attached hydrogens (tertiary/aromatic N) is 1. The van der Waals surface area contributed by atoms with Gasteiger partial charge in [0.05, 0.1) is 18.0 Å². The first-order valence-corrected chi connectivity index (χ1v) is 8.15. The predicted molar refractivity (Wildman–Crippen MR) is 85.4 cm³/mol. The topological polar surface area (TPSA) is 68.4 Å². The van der Waals surface area contributed by atoms with E-state index < -0.39 is 0 Å². The molecule has 0 radical (unpaired) electrons. The van der Waals surface area contributed by atoms with Crippen LogP contribution in [-0.2, 0) is 11.3 Å². The molecule has 1 aromatic carbocycles. The van der Waals surface area contributed by atoms with E-state index in [0.29, 0.717) is 12.9 Å². The van der Waals surface area contributed by atoms with Crippen molar-refractivity contribution in [1.29, 1.82) is 0 Å². The van der Waals surface area contributed by atoms with Crippen LogP contribution in [0.5, 0.6) is 11.5 Å². The van der Waals surface area contributed by atoms with Gasteiger partial charge in [0.25, 0.3) is 0 Å². The summed E-state index contributed by atoms with van der Waals surface area (Å²) < 4.78 is 16.4. The zero-order valence-electron chi connectivity index (χ0n) is 13.0. The monoisotopic (exact) mass is 315 g/mol. The first kappa shape index (κ1) is 14.5. The van der Waals surface area contributed by atoms with Crippen LogP contribution in [0.4, 0.5) is 0 Å². The molecule has 122 valence electrons. The highest BCUT2D eigenvalue weighted by molar-refractivity contribution is 5.66. The average Bonchev–Trinajstić information content (AvgIpc) is 3.31. The van der Waals surface area contributed by atoms with Crippen molar-refractivity contribution in [1.82, 2.24) is 15.5 Å². The van der Waals surface area contributed by atoms with E-state index in [1.807, 2.05) is 24.4 Å². The second-order valence-electron chi connectivity index (χ2n) is 5.94. The fraction of sp³-hybridized carbons (Fsp3) is 0.471. The summed E-state index contributed by atoms with van der Waals surface area (Å²) in [6, 6.07) is 5.95. The van der Waals surface area contributed by atoms with Gasteiger partial charge < -0.3 is 19.5 Å². The van der Waals surface area contributed by atoms with Crippen LogP contribution in [0.1, 0.15) is 24.8 Å². The van der Waals surface area contributed by atoms with E-state index in [9.17, 15) is 0 Å². The van der Waals surface area contributed by atoms with Gasteiger partial charge in [-0.2, -0.15) is 5.10 Å². The van der Waals surface area contributed by atoms with Gasteiger partial charge in [-0.15, -0.1) is 0 Å². The third-order valence-corrected chi connectivity index (χ3v) is 4.36. The van der Waals surface area contributed by atoms with Crippen molar-refractivity contribution in [3.05, 3.63) is 30.0 Å². The molecule has 0 saturated carbocycles. The second-order valence-corrected chi connectivity index (χ2v) is 5.94. The lowest BCUT2D eigenvalue weighted by Crippen LogP contribution is -2.19. The van der Waals surface area contributed by atoms with Gasteiger partial charge >= 0.3 is 0 Å². The molecule has 1 saturated heterocycles. The minimum Gasteiger partial charge on any atom is -0.454 e. The van der Waals surface area contributed by atoms with E-state index in [2.05, 4.69) is 15.5 Å². The van der Waals surface area contributed by atoms with Crippen LogP contribution in [0.25, 0.3) is 11.3 Å². The van der Waals surface area contributed by atoms with E-state index in [4.69, 9.17) is 14.2 Å². The molecule has 0 spiro atoms. The molecule has 6 heteroatoms. The Morgan fingerprint density at radius 1 is 1.26 bits per heavy atom. The van der Waals surface area contributed by atoms with Crippen molar-refractivity contribution in [3.8, 4) is 22.8 Å². The molecule has 2 N–H and O–H groups in total. The molecule has 1 aromatic heterocycles. The van der Waals surface area contributed by atoms with Gasteiger partial charge in [0.15, 0.2) is 11.5 Å². The fourth-order valence-corrected chi connectivity index (χ4v) is 3.11. The smallest absolute Gasteiger partial charge is 0.231 e. The van der Waals surface area contributed by atoms with Crippen molar-refractivity contribution in [2.45, 2.75) is 31.9 Å². The maximum Gasteiger partial charge on any atom is 0.231 e. The van der Waals surface area contributed by atoms with Gasteiger partial charge in [-0.05, 0) is 44.0 Å². The van der Waals surface area contributed by atoms with Gasteiger partial charge in [-0.25, -0.2) is 0 Å². The van der Waals surface area contributed by atoms with Crippen molar-refractivity contribution in [3.63, 3.8) is 0 Å². The number of aromatic amines is 1. The van der Waals surface area contributed by atoms with Crippen molar-refractivity contribution >= 4 is 0 Å². The number of aromatic nitrogens is 2. The lowest BCUT2D eigenvalue weighted by molar-refractivity contribution is 0.104. The molecule has 6 nitrogen and oxygen atoms in total. The number of ether oxygens (including phenoxy) is 3. The molecule has 1 atom stereocenters. The third kappa shape index (κ3) is 3.18.